The molecular formula is C12H18BrNOS. The second-order valence-electron chi connectivity index (χ2n) is 4.17. The monoisotopic (exact) mass is 303 g/mol. The van der Waals surface area contributed by atoms with Gasteiger partial charge in [-0.15, -0.1) is 11.3 Å². The van der Waals surface area contributed by atoms with E-state index in [9.17, 15) is 0 Å². The summed E-state index contributed by atoms with van der Waals surface area (Å²) in [6.07, 6.45) is 2.92. The fourth-order valence-electron chi connectivity index (χ4n) is 2.04. The smallest absolute Gasteiger partial charge is 0.0702 e. The van der Waals surface area contributed by atoms with Crippen LogP contribution in [0, 0.1) is 0 Å². The van der Waals surface area contributed by atoms with Gasteiger partial charge in [-0.05, 0) is 47.4 Å². The maximum Gasteiger partial charge on any atom is 0.0702 e. The number of hydrogen-bond donors (Lipinski definition) is 0. The Morgan fingerprint density at radius 3 is 3.00 bits per heavy atom. The highest BCUT2D eigenvalue weighted by Gasteiger charge is 2.18. The molecule has 90 valence electrons. The lowest BCUT2D eigenvalue weighted by Gasteiger charge is -2.22. The molecule has 0 bridgehead atoms. The van der Waals surface area contributed by atoms with Gasteiger partial charge in [-0.2, -0.15) is 0 Å². The SMILES string of the molecule is CCN(Cc1ccc(Br)s1)CC1CCCO1. The number of thiophene rings is 1. The van der Waals surface area contributed by atoms with E-state index in [4.69, 9.17) is 4.74 Å². The molecule has 1 fully saturated rings. The van der Waals surface area contributed by atoms with Gasteiger partial charge < -0.3 is 4.74 Å². The topological polar surface area (TPSA) is 12.5 Å². The van der Waals surface area contributed by atoms with Gasteiger partial charge in [0.15, 0.2) is 0 Å². The molecule has 1 atom stereocenters. The van der Waals surface area contributed by atoms with E-state index in [-0.39, 0.29) is 0 Å². The average Bonchev–Trinajstić information content (AvgIpc) is 2.89. The van der Waals surface area contributed by atoms with Crippen LogP contribution in [0.1, 0.15) is 24.6 Å². The summed E-state index contributed by atoms with van der Waals surface area (Å²) in [6, 6.07) is 4.33. The minimum absolute atomic E-state index is 0.461. The van der Waals surface area contributed by atoms with E-state index in [0.29, 0.717) is 6.10 Å². The Morgan fingerprint density at radius 1 is 1.56 bits per heavy atom. The lowest BCUT2D eigenvalue weighted by molar-refractivity contribution is 0.0728. The van der Waals surface area contributed by atoms with Crippen molar-refractivity contribution in [2.75, 3.05) is 19.7 Å². The molecule has 2 rings (SSSR count). The summed E-state index contributed by atoms with van der Waals surface area (Å²) in [5.41, 5.74) is 0. The minimum Gasteiger partial charge on any atom is -0.377 e. The predicted octanol–water partition coefficient (Wildman–Crippen LogP) is 3.51. The molecule has 0 spiro atoms. The zero-order chi connectivity index (χ0) is 11.4. The van der Waals surface area contributed by atoms with Crippen molar-refractivity contribution in [3.05, 3.63) is 20.8 Å². The molecule has 4 heteroatoms. The van der Waals surface area contributed by atoms with Gasteiger partial charge in [0.25, 0.3) is 0 Å². The van der Waals surface area contributed by atoms with Crippen LogP contribution in [0.3, 0.4) is 0 Å². The van der Waals surface area contributed by atoms with Gasteiger partial charge in [0, 0.05) is 24.6 Å². The summed E-state index contributed by atoms with van der Waals surface area (Å²) in [6.45, 7) is 6.39. The third-order valence-corrected chi connectivity index (χ3v) is 4.55. The van der Waals surface area contributed by atoms with Crippen molar-refractivity contribution in [2.24, 2.45) is 0 Å². The van der Waals surface area contributed by atoms with E-state index in [1.807, 2.05) is 11.3 Å². The number of likely N-dealkylation sites (N-methyl/N-ethyl adjacent to an activating group) is 1. The van der Waals surface area contributed by atoms with Crippen LogP contribution in [0.2, 0.25) is 0 Å². The van der Waals surface area contributed by atoms with E-state index in [1.165, 1.54) is 21.5 Å². The molecule has 0 N–H and O–H groups in total. The highest BCUT2D eigenvalue weighted by atomic mass is 79.9. The number of halogens is 1. The standard InChI is InChI=1S/C12H18BrNOS/c1-2-14(8-10-4-3-7-15-10)9-11-5-6-12(13)16-11/h5-6,10H,2-4,7-9H2,1H3. The van der Waals surface area contributed by atoms with Crippen molar-refractivity contribution >= 4 is 27.3 Å². The third-order valence-electron chi connectivity index (χ3n) is 2.94. The van der Waals surface area contributed by atoms with Gasteiger partial charge in [-0.3, -0.25) is 4.90 Å². The molecule has 0 amide bonds. The quantitative estimate of drug-likeness (QED) is 0.825. The fourth-order valence-corrected chi connectivity index (χ4v) is 3.56. The molecule has 1 aliphatic heterocycles. The molecule has 1 unspecified atom stereocenters. The largest absolute Gasteiger partial charge is 0.377 e. The Bertz CT molecular complexity index is 323. The van der Waals surface area contributed by atoms with Crippen LogP contribution in [-0.4, -0.2) is 30.7 Å². The van der Waals surface area contributed by atoms with Gasteiger partial charge >= 0.3 is 0 Å². The number of nitrogens with zero attached hydrogens (tertiary/aromatic N) is 1. The molecule has 2 heterocycles. The zero-order valence-corrected chi connectivity index (χ0v) is 12.0. The average molecular weight is 304 g/mol. The Morgan fingerprint density at radius 2 is 2.44 bits per heavy atom. The second kappa shape index (κ2) is 6.15. The van der Waals surface area contributed by atoms with Crippen molar-refractivity contribution < 1.29 is 4.74 Å². The zero-order valence-electron chi connectivity index (χ0n) is 9.62. The maximum absolute atomic E-state index is 5.68. The van der Waals surface area contributed by atoms with Crippen molar-refractivity contribution in [1.29, 1.82) is 0 Å². The Labute approximate surface area is 110 Å². The van der Waals surface area contributed by atoms with Gasteiger partial charge in [-0.25, -0.2) is 0 Å². The first kappa shape index (κ1) is 12.6. The molecule has 0 aromatic carbocycles. The van der Waals surface area contributed by atoms with Crippen LogP contribution in [0.4, 0.5) is 0 Å². The number of hydrogen-bond acceptors (Lipinski definition) is 3. The molecule has 16 heavy (non-hydrogen) atoms. The van der Waals surface area contributed by atoms with Crippen LogP contribution in [0.15, 0.2) is 15.9 Å². The van der Waals surface area contributed by atoms with Crippen LogP contribution in [0.5, 0.6) is 0 Å². The normalized spacial score (nSPS) is 20.8. The minimum atomic E-state index is 0.461. The van der Waals surface area contributed by atoms with Crippen molar-refractivity contribution in [1.82, 2.24) is 4.90 Å². The second-order valence-corrected chi connectivity index (χ2v) is 6.72. The molecule has 0 radical (unpaired) electrons. The van der Waals surface area contributed by atoms with E-state index in [1.54, 1.807) is 0 Å². The first-order valence-electron chi connectivity index (χ1n) is 5.86. The van der Waals surface area contributed by atoms with Crippen molar-refractivity contribution in [3.8, 4) is 0 Å². The Hall–Kier alpha value is 0.1000. The van der Waals surface area contributed by atoms with E-state index < -0.39 is 0 Å². The lowest BCUT2D eigenvalue weighted by Crippen LogP contribution is -2.31. The molecular weight excluding hydrogens is 286 g/mol. The summed E-state index contributed by atoms with van der Waals surface area (Å²) in [5, 5.41) is 0. The summed E-state index contributed by atoms with van der Waals surface area (Å²) in [5.74, 6) is 0. The van der Waals surface area contributed by atoms with E-state index in [2.05, 4.69) is 39.9 Å². The highest BCUT2D eigenvalue weighted by molar-refractivity contribution is 9.11. The lowest BCUT2D eigenvalue weighted by atomic mass is 10.2. The first-order valence-corrected chi connectivity index (χ1v) is 7.47. The molecule has 1 aromatic heterocycles. The van der Waals surface area contributed by atoms with E-state index in [0.717, 1.165) is 26.2 Å². The summed E-state index contributed by atoms with van der Waals surface area (Å²) in [7, 11) is 0. The van der Waals surface area contributed by atoms with Crippen LogP contribution < -0.4 is 0 Å². The van der Waals surface area contributed by atoms with Crippen LogP contribution in [-0.2, 0) is 11.3 Å². The van der Waals surface area contributed by atoms with Crippen molar-refractivity contribution in [2.45, 2.75) is 32.4 Å². The molecule has 0 saturated carbocycles. The number of ether oxygens (including phenoxy) is 1. The maximum atomic E-state index is 5.68. The molecule has 2 nitrogen and oxygen atoms in total. The van der Waals surface area contributed by atoms with Crippen LogP contribution >= 0.6 is 27.3 Å². The Kier molecular flexibility index (Phi) is 4.82. The molecule has 1 aliphatic rings. The summed E-state index contributed by atoms with van der Waals surface area (Å²) < 4.78 is 6.90. The van der Waals surface area contributed by atoms with E-state index >= 15 is 0 Å². The van der Waals surface area contributed by atoms with Crippen molar-refractivity contribution in [3.63, 3.8) is 0 Å². The molecule has 0 aliphatic carbocycles. The molecule has 1 aromatic rings. The molecule has 1 saturated heterocycles. The first-order chi connectivity index (χ1) is 7.78. The van der Waals surface area contributed by atoms with Gasteiger partial charge in [0.05, 0.1) is 9.89 Å². The summed E-state index contributed by atoms with van der Waals surface area (Å²) >= 11 is 5.33. The van der Waals surface area contributed by atoms with Gasteiger partial charge in [0.2, 0.25) is 0 Å². The number of rotatable bonds is 5. The Balaban J connectivity index is 1.84. The van der Waals surface area contributed by atoms with Gasteiger partial charge in [-0.1, -0.05) is 6.92 Å². The summed E-state index contributed by atoms with van der Waals surface area (Å²) in [4.78, 5) is 3.89. The predicted molar refractivity (Wildman–Crippen MR) is 71.9 cm³/mol. The van der Waals surface area contributed by atoms with Gasteiger partial charge in [0.1, 0.15) is 0 Å². The fraction of sp³-hybridized carbons (Fsp3) is 0.667. The highest BCUT2D eigenvalue weighted by Crippen LogP contribution is 2.24. The third kappa shape index (κ3) is 3.55. The van der Waals surface area contributed by atoms with Crippen LogP contribution in [0.25, 0.3) is 0 Å².